The summed E-state index contributed by atoms with van der Waals surface area (Å²) in [6.07, 6.45) is 5.06. The lowest BCUT2D eigenvalue weighted by molar-refractivity contribution is 0.0701. The molecule has 8 heteroatoms. The molecule has 144 valence electrons. The summed E-state index contributed by atoms with van der Waals surface area (Å²) in [6.45, 7) is 5.59. The molecule has 0 saturated carbocycles. The van der Waals surface area contributed by atoms with E-state index in [1.165, 1.54) is 0 Å². The minimum Gasteiger partial charge on any atom is -0.493 e. The third-order valence-corrected chi connectivity index (χ3v) is 5.16. The first-order chi connectivity index (χ1) is 13.4. The summed E-state index contributed by atoms with van der Waals surface area (Å²) >= 11 is 0.988. The molecule has 0 spiro atoms. The SMILES string of the molecule is C=CCOc1ccc(/C=C/c2nc3sc(C(=O)O)c(C)c3c(=O)[nH]2)cc1OC. The Hall–Kier alpha value is -3.39. The minimum atomic E-state index is -1.07. The first-order valence-electron chi connectivity index (χ1n) is 8.31. The van der Waals surface area contributed by atoms with Crippen LogP contribution in [0.5, 0.6) is 11.5 Å². The number of benzene rings is 1. The molecule has 0 bridgehead atoms. The molecule has 2 N–H and O–H groups in total. The van der Waals surface area contributed by atoms with Gasteiger partial charge in [-0.3, -0.25) is 4.79 Å². The van der Waals surface area contributed by atoms with Crippen LogP contribution in [0.1, 0.15) is 26.6 Å². The van der Waals surface area contributed by atoms with Crippen LogP contribution in [0.3, 0.4) is 0 Å². The summed E-state index contributed by atoms with van der Waals surface area (Å²) in [7, 11) is 1.55. The lowest BCUT2D eigenvalue weighted by atomic mass is 10.2. The molecule has 2 heterocycles. The molecule has 0 amide bonds. The van der Waals surface area contributed by atoms with Crippen molar-refractivity contribution in [1.29, 1.82) is 0 Å². The van der Waals surface area contributed by atoms with Gasteiger partial charge in [0.1, 0.15) is 22.1 Å². The van der Waals surface area contributed by atoms with E-state index in [-0.39, 0.29) is 10.4 Å². The van der Waals surface area contributed by atoms with Crippen molar-refractivity contribution < 1.29 is 19.4 Å². The minimum absolute atomic E-state index is 0.119. The number of nitrogens with zero attached hydrogens (tertiary/aromatic N) is 1. The average Bonchev–Trinajstić information content (AvgIpc) is 3.02. The van der Waals surface area contributed by atoms with E-state index in [0.29, 0.717) is 39.7 Å². The number of fused-ring (bicyclic) bond motifs is 1. The molecule has 0 aliphatic heterocycles. The molecule has 0 saturated heterocycles. The third-order valence-electron chi connectivity index (χ3n) is 3.99. The average molecular weight is 398 g/mol. The Morgan fingerprint density at radius 2 is 2.14 bits per heavy atom. The molecular formula is C20H18N2O5S. The quantitative estimate of drug-likeness (QED) is 0.588. The van der Waals surface area contributed by atoms with Crippen molar-refractivity contribution in [3.63, 3.8) is 0 Å². The Labute approximate surface area is 164 Å². The van der Waals surface area contributed by atoms with Crippen LogP contribution < -0.4 is 15.0 Å². The van der Waals surface area contributed by atoms with Crippen LogP contribution >= 0.6 is 11.3 Å². The van der Waals surface area contributed by atoms with Crippen LogP contribution in [0.25, 0.3) is 22.4 Å². The normalized spacial score (nSPS) is 11.1. The van der Waals surface area contributed by atoms with Gasteiger partial charge >= 0.3 is 5.97 Å². The number of aromatic nitrogens is 2. The number of H-pyrrole nitrogens is 1. The van der Waals surface area contributed by atoms with Gasteiger partial charge in [0.15, 0.2) is 11.5 Å². The van der Waals surface area contributed by atoms with E-state index >= 15 is 0 Å². The monoisotopic (exact) mass is 398 g/mol. The van der Waals surface area contributed by atoms with Gasteiger partial charge < -0.3 is 19.6 Å². The fourth-order valence-electron chi connectivity index (χ4n) is 2.67. The van der Waals surface area contributed by atoms with Gasteiger partial charge in [0, 0.05) is 0 Å². The smallest absolute Gasteiger partial charge is 0.346 e. The Kier molecular flexibility index (Phi) is 5.60. The lowest BCUT2D eigenvalue weighted by Crippen LogP contribution is -2.09. The fraction of sp³-hybridized carbons (Fsp3) is 0.150. The maximum atomic E-state index is 12.4. The fourth-order valence-corrected chi connectivity index (χ4v) is 3.70. The number of thiophene rings is 1. The van der Waals surface area contributed by atoms with Crippen molar-refractivity contribution in [3.05, 3.63) is 63.0 Å². The van der Waals surface area contributed by atoms with Gasteiger partial charge in [-0.2, -0.15) is 0 Å². The molecule has 0 atom stereocenters. The van der Waals surface area contributed by atoms with Gasteiger partial charge in [-0.1, -0.05) is 24.8 Å². The number of rotatable bonds is 7. The van der Waals surface area contributed by atoms with E-state index < -0.39 is 5.97 Å². The molecule has 28 heavy (non-hydrogen) atoms. The number of aryl methyl sites for hydroxylation is 1. The number of hydrogen-bond donors (Lipinski definition) is 2. The lowest BCUT2D eigenvalue weighted by Gasteiger charge is -2.09. The Balaban J connectivity index is 1.94. The number of ether oxygens (including phenoxy) is 2. The highest BCUT2D eigenvalue weighted by molar-refractivity contribution is 7.20. The van der Waals surface area contributed by atoms with E-state index in [2.05, 4.69) is 16.5 Å². The zero-order valence-electron chi connectivity index (χ0n) is 15.3. The molecule has 0 fully saturated rings. The predicted molar refractivity (Wildman–Crippen MR) is 110 cm³/mol. The molecule has 0 aliphatic rings. The Bertz CT molecular complexity index is 1140. The van der Waals surface area contributed by atoms with Crippen LogP contribution in [0.4, 0.5) is 0 Å². The highest BCUT2D eigenvalue weighted by atomic mass is 32.1. The molecule has 0 aliphatic carbocycles. The van der Waals surface area contributed by atoms with Gasteiger partial charge in [-0.05, 0) is 36.3 Å². The molecular weight excluding hydrogens is 380 g/mol. The molecule has 3 rings (SSSR count). The van der Waals surface area contributed by atoms with Crippen molar-refractivity contribution in [2.24, 2.45) is 0 Å². The van der Waals surface area contributed by atoms with Crippen LogP contribution in [0.15, 0.2) is 35.6 Å². The highest BCUT2D eigenvalue weighted by Gasteiger charge is 2.18. The largest absolute Gasteiger partial charge is 0.493 e. The standard InChI is InChI=1S/C20H18N2O5S/c1-4-9-27-13-7-5-12(10-14(13)26-3)6-8-15-21-18(23)16-11(2)17(20(24)25)28-19(16)22-15/h4-8,10H,1,9H2,2-3H3,(H,24,25)(H,21,22,23)/b8-6+. The van der Waals surface area contributed by atoms with Crippen LogP contribution in [0.2, 0.25) is 0 Å². The molecule has 0 radical (unpaired) electrons. The summed E-state index contributed by atoms with van der Waals surface area (Å²) in [5.74, 6) is 0.438. The first-order valence-corrected chi connectivity index (χ1v) is 9.12. The van der Waals surface area contributed by atoms with E-state index in [9.17, 15) is 14.7 Å². The number of carbonyl (C=O) groups is 1. The topological polar surface area (TPSA) is 102 Å². The molecule has 1 aromatic carbocycles. The van der Waals surface area contributed by atoms with Gasteiger partial charge in [0.05, 0.1) is 12.5 Å². The van der Waals surface area contributed by atoms with Crippen molar-refractivity contribution in [2.75, 3.05) is 13.7 Å². The second-order valence-electron chi connectivity index (χ2n) is 5.84. The summed E-state index contributed by atoms with van der Waals surface area (Å²) in [5.41, 5.74) is 0.882. The predicted octanol–water partition coefficient (Wildman–Crippen LogP) is 3.74. The van der Waals surface area contributed by atoms with E-state index in [1.807, 2.05) is 6.07 Å². The number of carboxylic acid groups (broad SMARTS) is 1. The first kappa shape index (κ1) is 19.4. The van der Waals surface area contributed by atoms with Gasteiger partial charge in [0.25, 0.3) is 5.56 Å². The van der Waals surface area contributed by atoms with Gasteiger partial charge in [-0.25, -0.2) is 9.78 Å². The zero-order valence-corrected chi connectivity index (χ0v) is 16.1. The molecule has 2 aromatic heterocycles. The van der Waals surface area contributed by atoms with Crippen molar-refractivity contribution >= 4 is 39.7 Å². The summed E-state index contributed by atoms with van der Waals surface area (Å²) < 4.78 is 10.8. The van der Waals surface area contributed by atoms with E-state index in [1.54, 1.807) is 44.4 Å². The third kappa shape index (κ3) is 3.81. The Morgan fingerprint density at radius 3 is 2.82 bits per heavy atom. The van der Waals surface area contributed by atoms with Crippen LogP contribution in [0, 0.1) is 6.92 Å². The highest BCUT2D eigenvalue weighted by Crippen LogP contribution is 2.29. The number of carboxylic acids is 1. The summed E-state index contributed by atoms with van der Waals surface area (Å²) in [4.78, 5) is 31.2. The van der Waals surface area contributed by atoms with Gasteiger partial charge in [0.2, 0.25) is 0 Å². The summed E-state index contributed by atoms with van der Waals surface area (Å²) in [5, 5.41) is 9.54. The number of hydrogen-bond acceptors (Lipinski definition) is 6. The number of methoxy groups -OCH3 is 1. The second-order valence-corrected chi connectivity index (χ2v) is 6.84. The van der Waals surface area contributed by atoms with Crippen molar-refractivity contribution in [3.8, 4) is 11.5 Å². The zero-order chi connectivity index (χ0) is 20.3. The van der Waals surface area contributed by atoms with Gasteiger partial charge in [-0.15, -0.1) is 11.3 Å². The number of aromatic carboxylic acids is 1. The maximum Gasteiger partial charge on any atom is 0.346 e. The summed E-state index contributed by atoms with van der Waals surface area (Å²) in [6, 6.07) is 5.42. The Morgan fingerprint density at radius 1 is 1.36 bits per heavy atom. The van der Waals surface area contributed by atoms with Crippen LogP contribution in [-0.4, -0.2) is 34.8 Å². The second kappa shape index (κ2) is 8.10. The maximum absolute atomic E-state index is 12.4. The number of nitrogens with one attached hydrogen (secondary N) is 1. The molecule has 7 nitrogen and oxygen atoms in total. The van der Waals surface area contributed by atoms with Crippen molar-refractivity contribution in [2.45, 2.75) is 6.92 Å². The number of aromatic amines is 1. The van der Waals surface area contributed by atoms with Crippen LogP contribution in [-0.2, 0) is 0 Å². The van der Waals surface area contributed by atoms with E-state index in [0.717, 1.165) is 16.9 Å². The van der Waals surface area contributed by atoms with E-state index in [4.69, 9.17) is 9.47 Å². The molecule has 0 unspecified atom stereocenters. The van der Waals surface area contributed by atoms with Crippen molar-refractivity contribution in [1.82, 2.24) is 9.97 Å². The molecule has 3 aromatic rings.